The minimum Gasteiger partial charge on any atom is -0.384 e. The Bertz CT molecular complexity index is 171. The molecule has 0 spiro atoms. The molecule has 1 aromatic heterocycles. The Hall–Kier alpha value is -1.06. The lowest BCUT2D eigenvalue weighted by Crippen LogP contribution is -2.13. The second-order valence-electron chi connectivity index (χ2n) is 1.34. The van der Waals surface area contributed by atoms with Crippen molar-refractivity contribution in [2.45, 2.75) is 0 Å². The van der Waals surface area contributed by atoms with Crippen molar-refractivity contribution in [3.63, 3.8) is 0 Å². The largest absolute Gasteiger partial charge is 0.384 e. The lowest BCUT2D eigenvalue weighted by atomic mass is 10.1. The van der Waals surface area contributed by atoms with Gasteiger partial charge >= 0.3 is 0 Å². The lowest BCUT2D eigenvalue weighted by Gasteiger charge is -1.90. The van der Waals surface area contributed by atoms with Crippen LogP contribution in [-0.2, 0) is 0 Å². The molecule has 3 nitrogen and oxygen atoms in total. The summed E-state index contributed by atoms with van der Waals surface area (Å²) in [6.07, 6.45) is 1.51. The second-order valence-corrected chi connectivity index (χ2v) is 1.34. The molecule has 0 unspecified atom stereocenters. The van der Waals surface area contributed by atoms with E-state index in [4.69, 9.17) is 13.6 Å². The van der Waals surface area contributed by atoms with Crippen LogP contribution < -0.4 is 11.5 Å². The SMILES string of the molecule is [B]c1nccc(N)n1. The van der Waals surface area contributed by atoms with E-state index in [0.717, 1.165) is 0 Å². The first-order valence-corrected chi connectivity index (χ1v) is 2.13. The van der Waals surface area contributed by atoms with Crippen molar-refractivity contribution < 1.29 is 0 Å². The normalized spacial score (nSPS) is 9.00. The molecule has 2 N–H and O–H groups in total. The van der Waals surface area contributed by atoms with Gasteiger partial charge in [-0.3, -0.25) is 4.98 Å². The van der Waals surface area contributed by atoms with Gasteiger partial charge in [-0.1, -0.05) is 0 Å². The van der Waals surface area contributed by atoms with Crippen LogP contribution in [0.15, 0.2) is 12.3 Å². The fourth-order valence-corrected chi connectivity index (χ4v) is 0.388. The van der Waals surface area contributed by atoms with Crippen LogP contribution in [0.3, 0.4) is 0 Å². The molecule has 2 radical (unpaired) electrons. The number of anilines is 1. The van der Waals surface area contributed by atoms with Crippen molar-refractivity contribution in [1.29, 1.82) is 0 Å². The zero-order chi connectivity index (χ0) is 5.98. The van der Waals surface area contributed by atoms with Crippen molar-refractivity contribution in [3.05, 3.63) is 12.3 Å². The molecule has 0 aliphatic carbocycles. The molecule has 0 amide bonds. The number of hydrogen-bond acceptors (Lipinski definition) is 3. The maximum absolute atomic E-state index is 5.23. The Morgan fingerprint density at radius 3 is 2.75 bits per heavy atom. The van der Waals surface area contributed by atoms with Gasteiger partial charge in [0.05, 0.1) is 5.72 Å². The van der Waals surface area contributed by atoms with Gasteiger partial charge in [0, 0.05) is 6.20 Å². The second kappa shape index (κ2) is 1.82. The zero-order valence-electron chi connectivity index (χ0n) is 4.20. The number of nitrogen functional groups attached to an aromatic ring is 1. The molecular weight excluding hydrogens is 101 g/mol. The van der Waals surface area contributed by atoms with Gasteiger partial charge in [0.15, 0.2) is 7.85 Å². The van der Waals surface area contributed by atoms with Crippen molar-refractivity contribution in [2.24, 2.45) is 0 Å². The molecule has 0 bridgehead atoms. The van der Waals surface area contributed by atoms with Gasteiger partial charge < -0.3 is 5.73 Å². The molecular formula is C4H4BN3. The van der Waals surface area contributed by atoms with E-state index < -0.39 is 0 Å². The smallest absolute Gasteiger partial charge is 0.170 e. The molecule has 0 aliphatic heterocycles. The molecule has 1 rings (SSSR count). The highest BCUT2D eigenvalue weighted by molar-refractivity contribution is 6.29. The number of aromatic nitrogens is 2. The van der Waals surface area contributed by atoms with E-state index in [1.807, 2.05) is 0 Å². The van der Waals surface area contributed by atoms with Crippen LogP contribution in [0.5, 0.6) is 0 Å². The summed E-state index contributed by atoms with van der Waals surface area (Å²) in [4.78, 5) is 7.24. The number of nitrogens with two attached hydrogens (primary N) is 1. The van der Waals surface area contributed by atoms with Gasteiger partial charge in [-0.15, -0.1) is 0 Å². The average molecular weight is 105 g/mol. The molecule has 4 heteroatoms. The Morgan fingerprint density at radius 2 is 2.38 bits per heavy atom. The van der Waals surface area contributed by atoms with Crippen LogP contribution in [0.2, 0.25) is 0 Å². The maximum Gasteiger partial charge on any atom is 0.170 e. The summed E-state index contributed by atoms with van der Waals surface area (Å²) in [5.41, 5.74) is 5.44. The average Bonchev–Trinajstić information content (AvgIpc) is 1.64. The van der Waals surface area contributed by atoms with Gasteiger partial charge in [0.25, 0.3) is 0 Å². The maximum atomic E-state index is 5.23. The van der Waals surface area contributed by atoms with Crippen LogP contribution in [0.1, 0.15) is 0 Å². The standard InChI is InChI=1S/C4H4BN3/c5-4-7-2-1-3(6)8-4/h1-2H,(H2,6,7,8). The molecule has 0 aromatic carbocycles. The van der Waals surface area contributed by atoms with E-state index in [0.29, 0.717) is 5.82 Å². The first kappa shape index (κ1) is 5.09. The van der Waals surface area contributed by atoms with E-state index in [9.17, 15) is 0 Å². The molecule has 0 aliphatic rings. The number of hydrogen-bond donors (Lipinski definition) is 1. The first-order valence-electron chi connectivity index (χ1n) is 2.13. The molecule has 0 saturated carbocycles. The Morgan fingerprint density at radius 1 is 1.62 bits per heavy atom. The summed E-state index contributed by atoms with van der Waals surface area (Å²) in [6.45, 7) is 0. The van der Waals surface area contributed by atoms with Crippen LogP contribution in [0, 0.1) is 0 Å². The quantitative estimate of drug-likeness (QED) is 0.424. The first-order chi connectivity index (χ1) is 3.79. The van der Waals surface area contributed by atoms with Crippen molar-refractivity contribution in [2.75, 3.05) is 5.73 Å². The summed E-state index contributed by atoms with van der Waals surface area (Å²) >= 11 is 0. The number of rotatable bonds is 0. The van der Waals surface area contributed by atoms with Crippen LogP contribution in [-0.4, -0.2) is 17.8 Å². The highest BCUT2D eigenvalue weighted by Crippen LogP contribution is 1.84. The summed E-state index contributed by atoms with van der Waals surface area (Å²) in [6, 6.07) is 1.58. The van der Waals surface area contributed by atoms with Gasteiger partial charge in [0.1, 0.15) is 5.82 Å². The van der Waals surface area contributed by atoms with Gasteiger partial charge in [0.2, 0.25) is 0 Å². The molecule has 38 valence electrons. The fourth-order valence-electron chi connectivity index (χ4n) is 0.388. The van der Waals surface area contributed by atoms with E-state index in [-0.39, 0.29) is 5.72 Å². The third-order valence-electron chi connectivity index (χ3n) is 0.696. The van der Waals surface area contributed by atoms with E-state index in [1.54, 1.807) is 6.07 Å². The Labute approximate surface area is 48.4 Å². The number of nitrogens with zero attached hydrogens (tertiary/aromatic N) is 2. The fraction of sp³-hybridized carbons (Fsp3) is 0. The summed E-state index contributed by atoms with van der Waals surface area (Å²) in [5.74, 6) is 0.400. The monoisotopic (exact) mass is 105 g/mol. The van der Waals surface area contributed by atoms with Crippen molar-refractivity contribution in [1.82, 2.24) is 9.97 Å². The third kappa shape index (κ3) is 0.962. The van der Waals surface area contributed by atoms with E-state index in [1.165, 1.54) is 6.20 Å². The minimum absolute atomic E-state index is 0.213. The predicted octanol–water partition coefficient (Wildman–Crippen LogP) is -1.15. The Kier molecular flexibility index (Phi) is 1.16. The molecule has 1 aromatic rings. The molecule has 0 atom stereocenters. The molecule has 0 saturated heterocycles. The van der Waals surface area contributed by atoms with Crippen LogP contribution >= 0.6 is 0 Å². The molecule has 0 fully saturated rings. The van der Waals surface area contributed by atoms with Gasteiger partial charge in [-0.25, -0.2) is 4.98 Å². The zero-order valence-corrected chi connectivity index (χ0v) is 4.20. The third-order valence-corrected chi connectivity index (χ3v) is 0.696. The van der Waals surface area contributed by atoms with Gasteiger partial charge in [-0.05, 0) is 6.07 Å². The van der Waals surface area contributed by atoms with Crippen LogP contribution in [0.4, 0.5) is 5.82 Å². The highest BCUT2D eigenvalue weighted by Gasteiger charge is 1.83. The van der Waals surface area contributed by atoms with Crippen LogP contribution in [0.25, 0.3) is 0 Å². The molecule has 1 heterocycles. The van der Waals surface area contributed by atoms with E-state index >= 15 is 0 Å². The predicted molar refractivity (Wildman–Crippen MR) is 31.8 cm³/mol. The minimum atomic E-state index is 0.213. The van der Waals surface area contributed by atoms with Gasteiger partial charge in [-0.2, -0.15) is 0 Å². The Balaban J connectivity index is 3.08. The summed E-state index contributed by atoms with van der Waals surface area (Å²) in [7, 11) is 5.16. The van der Waals surface area contributed by atoms with Crippen molar-refractivity contribution >= 4 is 19.4 Å². The topological polar surface area (TPSA) is 51.8 Å². The molecule has 8 heavy (non-hydrogen) atoms. The highest BCUT2D eigenvalue weighted by atomic mass is 14.9. The lowest BCUT2D eigenvalue weighted by molar-refractivity contribution is 1.25. The van der Waals surface area contributed by atoms with Crippen molar-refractivity contribution in [3.8, 4) is 0 Å². The summed E-state index contributed by atoms with van der Waals surface area (Å²) in [5, 5.41) is 0. The summed E-state index contributed by atoms with van der Waals surface area (Å²) < 4.78 is 0. The van der Waals surface area contributed by atoms with E-state index in [2.05, 4.69) is 9.97 Å².